The van der Waals surface area contributed by atoms with Crippen molar-refractivity contribution in [3.63, 3.8) is 0 Å². The van der Waals surface area contributed by atoms with Gasteiger partial charge in [0.2, 0.25) is 10.0 Å². The third kappa shape index (κ3) is 3.06. The molecule has 19 heavy (non-hydrogen) atoms. The van der Waals surface area contributed by atoms with Crippen LogP contribution >= 0.6 is 0 Å². The molecule has 0 spiro atoms. The smallest absolute Gasteiger partial charge is 0.238 e. The van der Waals surface area contributed by atoms with Gasteiger partial charge in [-0.25, -0.2) is 13.6 Å². The first-order valence-corrected chi connectivity index (χ1v) is 7.74. The van der Waals surface area contributed by atoms with Crippen LogP contribution in [0.25, 0.3) is 0 Å². The molecule has 0 saturated heterocycles. The van der Waals surface area contributed by atoms with Gasteiger partial charge in [-0.1, -0.05) is 6.42 Å². The third-order valence-electron chi connectivity index (χ3n) is 3.59. The van der Waals surface area contributed by atoms with Gasteiger partial charge in [-0.05, 0) is 37.0 Å². The normalized spacial score (nSPS) is 15.6. The van der Waals surface area contributed by atoms with Crippen molar-refractivity contribution >= 4 is 15.7 Å². The first-order valence-electron chi connectivity index (χ1n) is 6.20. The molecule has 1 aromatic rings. The molecule has 1 aliphatic rings. The fourth-order valence-electron chi connectivity index (χ4n) is 2.28. The van der Waals surface area contributed by atoms with Crippen molar-refractivity contribution in [2.45, 2.75) is 24.2 Å². The number of primary sulfonamides is 1. The summed E-state index contributed by atoms with van der Waals surface area (Å²) in [6, 6.07) is 6.47. The van der Waals surface area contributed by atoms with E-state index in [0.717, 1.165) is 12.2 Å². The lowest BCUT2D eigenvalue weighted by Gasteiger charge is -2.31. The number of hydrogen-bond acceptors (Lipinski definition) is 4. The van der Waals surface area contributed by atoms with Crippen LogP contribution in [0, 0.1) is 17.2 Å². The molecule has 0 atom stereocenters. The van der Waals surface area contributed by atoms with Crippen molar-refractivity contribution in [3.8, 4) is 6.07 Å². The van der Waals surface area contributed by atoms with Gasteiger partial charge in [0.25, 0.3) is 0 Å². The van der Waals surface area contributed by atoms with Crippen LogP contribution in [0.15, 0.2) is 23.1 Å². The Morgan fingerprint density at radius 1 is 1.47 bits per heavy atom. The van der Waals surface area contributed by atoms with E-state index in [4.69, 9.17) is 10.4 Å². The average Bonchev–Trinajstić information content (AvgIpc) is 2.31. The second-order valence-electron chi connectivity index (χ2n) is 5.01. The van der Waals surface area contributed by atoms with Crippen LogP contribution in [0.3, 0.4) is 0 Å². The van der Waals surface area contributed by atoms with Gasteiger partial charge in [-0.2, -0.15) is 5.26 Å². The summed E-state index contributed by atoms with van der Waals surface area (Å²) in [5.74, 6) is 0.675. The largest absolute Gasteiger partial charge is 0.373 e. The van der Waals surface area contributed by atoms with Crippen LogP contribution in [0.1, 0.15) is 24.8 Å². The minimum Gasteiger partial charge on any atom is -0.373 e. The molecule has 0 aliphatic heterocycles. The van der Waals surface area contributed by atoms with E-state index < -0.39 is 10.0 Å². The molecular formula is C13H17N3O2S. The molecule has 6 heteroatoms. The molecule has 0 amide bonds. The van der Waals surface area contributed by atoms with E-state index in [1.165, 1.54) is 31.4 Å². The van der Waals surface area contributed by atoms with Crippen LogP contribution < -0.4 is 10.0 Å². The Bertz CT molecular complexity index is 615. The maximum Gasteiger partial charge on any atom is 0.238 e. The van der Waals surface area contributed by atoms with Crippen molar-refractivity contribution in [2.24, 2.45) is 11.1 Å². The van der Waals surface area contributed by atoms with Crippen molar-refractivity contribution < 1.29 is 8.42 Å². The first-order chi connectivity index (χ1) is 8.91. The highest BCUT2D eigenvalue weighted by Gasteiger charge is 2.21. The number of nitrogens with zero attached hydrogens (tertiary/aromatic N) is 2. The number of sulfonamides is 1. The predicted molar refractivity (Wildman–Crippen MR) is 73.1 cm³/mol. The molecule has 1 aromatic carbocycles. The summed E-state index contributed by atoms with van der Waals surface area (Å²) in [6.45, 7) is 0.892. The van der Waals surface area contributed by atoms with E-state index in [-0.39, 0.29) is 4.90 Å². The van der Waals surface area contributed by atoms with Gasteiger partial charge in [0, 0.05) is 13.6 Å². The van der Waals surface area contributed by atoms with E-state index in [1.54, 1.807) is 6.07 Å². The Kier molecular flexibility index (Phi) is 3.78. The standard InChI is InChI=1S/C13H17N3O2S/c1-16(9-10-3-2-4-10)13-6-5-12(19(15,17)18)7-11(13)8-14/h5-7,10H,2-4,9H2,1H3,(H2,15,17,18). The van der Waals surface area contributed by atoms with Gasteiger partial charge in [0.15, 0.2) is 0 Å². The summed E-state index contributed by atoms with van der Waals surface area (Å²) in [4.78, 5) is 1.99. The zero-order chi connectivity index (χ0) is 14.0. The zero-order valence-corrected chi connectivity index (χ0v) is 11.7. The van der Waals surface area contributed by atoms with Crippen molar-refractivity contribution in [3.05, 3.63) is 23.8 Å². The Balaban J connectivity index is 2.28. The Morgan fingerprint density at radius 3 is 2.63 bits per heavy atom. The van der Waals surface area contributed by atoms with Crippen LogP contribution in [0.4, 0.5) is 5.69 Å². The molecule has 0 radical (unpaired) electrons. The first kappa shape index (κ1) is 13.8. The molecule has 2 rings (SSSR count). The van der Waals surface area contributed by atoms with Gasteiger partial charge in [0.1, 0.15) is 6.07 Å². The number of nitriles is 1. The molecular weight excluding hydrogens is 262 g/mol. The lowest BCUT2D eigenvalue weighted by Crippen LogP contribution is -2.29. The topological polar surface area (TPSA) is 87.2 Å². The third-order valence-corrected chi connectivity index (χ3v) is 4.50. The Labute approximate surface area is 113 Å². The molecule has 1 aliphatic carbocycles. The van der Waals surface area contributed by atoms with Crippen molar-refractivity contribution in [1.82, 2.24) is 0 Å². The number of rotatable bonds is 4. The van der Waals surface area contributed by atoms with Gasteiger partial charge in [-0.3, -0.25) is 0 Å². The summed E-state index contributed by atoms with van der Waals surface area (Å²) in [7, 11) is -1.84. The molecule has 1 fully saturated rings. The molecule has 0 heterocycles. The maximum absolute atomic E-state index is 11.3. The number of anilines is 1. The van der Waals surface area contributed by atoms with Crippen LogP contribution in [-0.4, -0.2) is 22.0 Å². The van der Waals surface area contributed by atoms with Gasteiger partial charge in [0.05, 0.1) is 16.1 Å². The SMILES string of the molecule is CN(CC1CCC1)c1ccc(S(N)(=O)=O)cc1C#N. The fourth-order valence-corrected chi connectivity index (χ4v) is 2.82. The molecule has 2 N–H and O–H groups in total. The summed E-state index contributed by atoms with van der Waals surface area (Å²) < 4.78 is 22.5. The van der Waals surface area contributed by atoms with Crippen molar-refractivity contribution in [2.75, 3.05) is 18.5 Å². The number of hydrogen-bond donors (Lipinski definition) is 1. The Morgan fingerprint density at radius 2 is 2.16 bits per heavy atom. The van der Waals surface area contributed by atoms with Crippen LogP contribution in [-0.2, 0) is 10.0 Å². The highest BCUT2D eigenvalue weighted by atomic mass is 32.2. The minimum absolute atomic E-state index is 0.0233. The summed E-state index contributed by atoms with van der Waals surface area (Å²) in [5.41, 5.74) is 1.09. The highest BCUT2D eigenvalue weighted by molar-refractivity contribution is 7.89. The molecule has 5 nitrogen and oxygen atoms in total. The molecule has 1 saturated carbocycles. The zero-order valence-electron chi connectivity index (χ0n) is 10.8. The lowest BCUT2D eigenvalue weighted by atomic mass is 9.85. The number of nitrogens with two attached hydrogens (primary N) is 1. The lowest BCUT2D eigenvalue weighted by molar-refractivity contribution is 0.321. The molecule has 102 valence electrons. The second-order valence-corrected chi connectivity index (χ2v) is 6.57. The van der Waals surface area contributed by atoms with E-state index >= 15 is 0 Å². The summed E-state index contributed by atoms with van der Waals surface area (Å²) in [5, 5.41) is 14.2. The monoisotopic (exact) mass is 279 g/mol. The summed E-state index contributed by atoms with van der Waals surface area (Å²) >= 11 is 0. The molecule has 0 bridgehead atoms. The van der Waals surface area contributed by atoms with Gasteiger partial charge >= 0.3 is 0 Å². The number of benzene rings is 1. The van der Waals surface area contributed by atoms with Gasteiger partial charge < -0.3 is 4.90 Å². The molecule has 0 unspecified atom stereocenters. The van der Waals surface area contributed by atoms with E-state index in [0.29, 0.717) is 11.5 Å². The maximum atomic E-state index is 11.3. The van der Waals surface area contributed by atoms with E-state index in [2.05, 4.69) is 0 Å². The van der Waals surface area contributed by atoms with E-state index in [9.17, 15) is 8.42 Å². The fraction of sp³-hybridized carbons (Fsp3) is 0.462. The molecule has 0 aromatic heterocycles. The van der Waals surface area contributed by atoms with Crippen molar-refractivity contribution in [1.29, 1.82) is 5.26 Å². The van der Waals surface area contributed by atoms with Crippen LogP contribution in [0.2, 0.25) is 0 Å². The predicted octanol–water partition coefficient (Wildman–Crippen LogP) is 1.44. The quantitative estimate of drug-likeness (QED) is 0.903. The van der Waals surface area contributed by atoms with Crippen LogP contribution in [0.5, 0.6) is 0 Å². The minimum atomic E-state index is -3.76. The summed E-state index contributed by atoms with van der Waals surface area (Å²) in [6.07, 6.45) is 3.72. The second kappa shape index (κ2) is 5.19. The Hall–Kier alpha value is -1.58. The van der Waals surface area contributed by atoms with E-state index in [1.807, 2.05) is 18.0 Å². The average molecular weight is 279 g/mol. The highest BCUT2D eigenvalue weighted by Crippen LogP contribution is 2.30. The van der Waals surface area contributed by atoms with Gasteiger partial charge in [-0.15, -0.1) is 0 Å².